The number of hydrogen-bond donors (Lipinski definition) is 1. The molecule has 4 rings (SSSR count). The molecule has 0 saturated heterocycles. The summed E-state index contributed by atoms with van der Waals surface area (Å²) in [7, 11) is 0. The smallest absolute Gasteiger partial charge is 0.203 e. The Morgan fingerprint density at radius 3 is 2.43 bits per heavy atom. The predicted octanol–water partition coefficient (Wildman–Crippen LogP) is 6.77. The summed E-state index contributed by atoms with van der Waals surface area (Å²) in [6.07, 6.45) is 5.79. The number of carbonyl (C=O) groups is 1. The van der Waals surface area contributed by atoms with Crippen molar-refractivity contribution in [3.63, 3.8) is 0 Å². The van der Waals surface area contributed by atoms with Crippen molar-refractivity contribution in [1.82, 2.24) is 0 Å². The molecule has 0 saturated carbocycles. The van der Waals surface area contributed by atoms with Crippen LogP contribution in [0.1, 0.15) is 70.9 Å². The minimum atomic E-state index is -0.447. The fraction of sp³-hybridized carbons (Fsp3) is 0.344. The molecular formula is C32H36O5. The van der Waals surface area contributed by atoms with Gasteiger partial charge in [-0.05, 0) is 81.2 Å². The normalized spacial score (nSPS) is 13.6. The molecule has 1 aliphatic rings. The SMILES string of the molecule is CCCc1ccc(C(=O)COc2c3c(cc(C)c2CO)OC(C)(C)C=C3)c(OCc2ccc(C)cc2)c1. The number of fused-ring (bicyclic) bond motifs is 1. The van der Waals surface area contributed by atoms with Gasteiger partial charge in [0.15, 0.2) is 6.61 Å². The lowest BCUT2D eigenvalue weighted by atomic mass is 9.97. The van der Waals surface area contributed by atoms with E-state index in [-0.39, 0.29) is 19.0 Å². The Labute approximate surface area is 219 Å². The van der Waals surface area contributed by atoms with Crippen molar-refractivity contribution in [2.75, 3.05) is 6.61 Å². The molecule has 0 aromatic heterocycles. The van der Waals surface area contributed by atoms with Gasteiger partial charge < -0.3 is 19.3 Å². The van der Waals surface area contributed by atoms with E-state index in [1.165, 1.54) is 5.56 Å². The lowest BCUT2D eigenvalue weighted by Gasteiger charge is -2.30. The van der Waals surface area contributed by atoms with Crippen LogP contribution in [-0.2, 0) is 19.6 Å². The van der Waals surface area contributed by atoms with Crippen LogP contribution >= 0.6 is 0 Å². The number of hydrogen-bond acceptors (Lipinski definition) is 5. The van der Waals surface area contributed by atoms with Crippen molar-refractivity contribution in [3.05, 3.63) is 93.6 Å². The molecule has 0 spiro atoms. The molecule has 0 amide bonds. The van der Waals surface area contributed by atoms with Gasteiger partial charge in [-0.3, -0.25) is 4.79 Å². The van der Waals surface area contributed by atoms with Gasteiger partial charge in [0.05, 0.1) is 17.7 Å². The second-order valence-electron chi connectivity index (χ2n) is 10.2. The fourth-order valence-corrected chi connectivity index (χ4v) is 4.44. The summed E-state index contributed by atoms with van der Waals surface area (Å²) >= 11 is 0. The maximum absolute atomic E-state index is 13.4. The molecule has 0 unspecified atom stereocenters. The number of aliphatic hydroxyl groups excluding tert-OH is 1. The maximum Gasteiger partial charge on any atom is 0.203 e. The van der Waals surface area contributed by atoms with Crippen LogP contribution in [0.4, 0.5) is 0 Å². The highest BCUT2D eigenvalue weighted by Crippen LogP contribution is 2.41. The molecule has 194 valence electrons. The monoisotopic (exact) mass is 500 g/mol. The minimum absolute atomic E-state index is 0.186. The second-order valence-corrected chi connectivity index (χ2v) is 10.2. The van der Waals surface area contributed by atoms with Crippen LogP contribution < -0.4 is 14.2 Å². The molecule has 5 nitrogen and oxygen atoms in total. The standard InChI is InChI=1S/C32H36O5/c1-6-7-23-12-13-25(29(17-23)35-19-24-10-8-21(2)9-11-24)28(34)20-36-31-26-14-15-32(4,5)37-30(26)16-22(3)27(31)18-33/h8-17,33H,6-7,18-20H2,1-5H3. The predicted molar refractivity (Wildman–Crippen MR) is 147 cm³/mol. The molecule has 0 fully saturated rings. The average Bonchev–Trinajstić information content (AvgIpc) is 2.86. The number of ketones is 1. The van der Waals surface area contributed by atoms with Gasteiger partial charge in [0.25, 0.3) is 0 Å². The number of aliphatic hydroxyl groups is 1. The van der Waals surface area contributed by atoms with E-state index in [4.69, 9.17) is 14.2 Å². The molecule has 0 atom stereocenters. The van der Waals surface area contributed by atoms with Crippen LogP contribution in [0.15, 0.2) is 54.6 Å². The summed E-state index contributed by atoms with van der Waals surface area (Å²) in [5.41, 5.74) is 5.61. The van der Waals surface area contributed by atoms with Crippen LogP contribution in [0.2, 0.25) is 0 Å². The van der Waals surface area contributed by atoms with E-state index < -0.39 is 5.60 Å². The van der Waals surface area contributed by atoms with Gasteiger partial charge in [-0.15, -0.1) is 0 Å². The van der Waals surface area contributed by atoms with E-state index in [0.29, 0.717) is 35.0 Å². The van der Waals surface area contributed by atoms with Gasteiger partial charge in [-0.1, -0.05) is 49.2 Å². The van der Waals surface area contributed by atoms with Gasteiger partial charge in [0, 0.05) is 5.56 Å². The van der Waals surface area contributed by atoms with Crippen molar-refractivity contribution < 1.29 is 24.1 Å². The quantitative estimate of drug-likeness (QED) is 0.311. The highest BCUT2D eigenvalue weighted by atomic mass is 16.5. The van der Waals surface area contributed by atoms with Crippen molar-refractivity contribution in [2.24, 2.45) is 0 Å². The van der Waals surface area contributed by atoms with Crippen molar-refractivity contribution >= 4 is 11.9 Å². The number of rotatable bonds is 10. The van der Waals surface area contributed by atoms with Crippen LogP contribution in [0, 0.1) is 13.8 Å². The van der Waals surface area contributed by atoms with Gasteiger partial charge in [0.2, 0.25) is 5.78 Å². The zero-order chi connectivity index (χ0) is 26.6. The molecule has 37 heavy (non-hydrogen) atoms. The summed E-state index contributed by atoms with van der Waals surface area (Å²) in [6, 6.07) is 15.8. The fourth-order valence-electron chi connectivity index (χ4n) is 4.44. The number of carbonyl (C=O) groups excluding carboxylic acids is 1. The van der Waals surface area contributed by atoms with Gasteiger partial charge in [-0.2, -0.15) is 0 Å². The third-order valence-electron chi connectivity index (χ3n) is 6.54. The molecule has 5 heteroatoms. The average molecular weight is 501 g/mol. The minimum Gasteiger partial charge on any atom is -0.488 e. The van der Waals surface area contributed by atoms with Crippen LogP contribution in [-0.4, -0.2) is 23.1 Å². The number of Topliss-reactive ketones (excluding diaryl/α,β-unsaturated/α-hetero) is 1. The Morgan fingerprint density at radius 2 is 1.73 bits per heavy atom. The third kappa shape index (κ3) is 6.23. The van der Waals surface area contributed by atoms with Crippen LogP contribution in [0.25, 0.3) is 6.08 Å². The second kappa shape index (κ2) is 11.2. The summed E-state index contributed by atoms with van der Waals surface area (Å²) < 4.78 is 18.4. The molecule has 1 N–H and O–H groups in total. The largest absolute Gasteiger partial charge is 0.488 e. The number of ether oxygens (including phenoxy) is 3. The van der Waals surface area contributed by atoms with E-state index >= 15 is 0 Å². The Morgan fingerprint density at radius 1 is 1.00 bits per heavy atom. The van der Waals surface area contributed by atoms with Crippen molar-refractivity contribution in [2.45, 2.75) is 66.3 Å². The first-order chi connectivity index (χ1) is 17.7. The van der Waals surface area contributed by atoms with E-state index in [0.717, 1.165) is 35.1 Å². The first kappa shape index (κ1) is 26.5. The molecule has 3 aromatic rings. The lowest BCUT2D eigenvalue weighted by molar-refractivity contribution is 0.0913. The lowest BCUT2D eigenvalue weighted by Crippen LogP contribution is -2.28. The van der Waals surface area contributed by atoms with Crippen molar-refractivity contribution in [3.8, 4) is 17.2 Å². The Balaban J connectivity index is 1.59. The summed E-state index contributed by atoms with van der Waals surface area (Å²) in [5, 5.41) is 10.1. The molecule has 3 aromatic carbocycles. The van der Waals surface area contributed by atoms with E-state index in [9.17, 15) is 9.90 Å². The van der Waals surface area contributed by atoms with E-state index in [1.54, 1.807) is 0 Å². The first-order valence-corrected chi connectivity index (χ1v) is 12.8. The highest BCUT2D eigenvalue weighted by molar-refractivity contribution is 6.00. The third-order valence-corrected chi connectivity index (χ3v) is 6.54. The summed E-state index contributed by atoms with van der Waals surface area (Å²) in [5.74, 6) is 1.51. The molecule has 0 bridgehead atoms. The molecule has 1 aliphatic heterocycles. The number of aryl methyl sites for hydroxylation is 3. The zero-order valence-electron chi connectivity index (χ0n) is 22.4. The van der Waals surface area contributed by atoms with Crippen LogP contribution in [0.3, 0.4) is 0 Å². The Bertz CT molecular complexity index is 1300. The van der Waals surface area contributed by atoms with E-state index in [1.807, 2.05) is 88.4 Å². The molecule has 0 aliphatic carbocycles. The topological polar surface area (TPSA) is 65.0 Å². The first-order valence-electron chi connectivity index (χ1n) is 12.8. The number of benzene rings is 3. The van der Waals surface area contributed by atoms with Gasteiger partial charge in [0.1, 0.15) is 29.5 Å². The molecule has 0 radical (unpaired) electrons. The maximum atomic E-state index is 13.4. The van der Waals surface area contributed by atoms with Gasteiger partial charge in [-0.25, -0.2) is 0 Å². The summed E-state index contributed by atoms with van der Waals surface area (Å²) in [6.45, 7) is 10.0. The Hall–Kier alpha value is -3.57. The van der Waals surface area contributed by atoms with E-state index in [2.05, 4.69) is 6.92 Å². The van der Waals surface area contributed by atoms with Gasteiger partial charge >= 0.3 is 0 Å². The highest BCUT2D eigenvalue weighted by Gasteiger charge is 2.27. The molecular weight excluding hydrogens is 464 g/mol. The summed E-state index contributed by atoms with van der Waals surface area (Å²) in [4.78, 5) is 13.4. The Kier molecular flexibility index (Phi) is 8.03. The zero-order valence-corrected chi connectivity index (χ0v) is 22.4. The van der Waals surface area contributed by atoms with Crippen molar-refractivity contribution in [1.29, 1.82) is 0 Å². The molecule has 1 heterocycles. The van der Waals surface area contributed by atoms with Crippen LogP contribution in [0.5, 0.6) is 17.2 Å².